The van der Waals surface area contributed by atoms with Crippen molar-refractivity contribution in [2.75, 3.05) is 12.3 Å². The Morgan fingerprint density at radius 2 is 1.88 bits per heavy atom. The van der Waals surface area contributed by atoms with Crippen molar-refractivity contribution in [2.45, 2.75) is 26.1 Å². The number of aromatic nitrogens is 2. The number of nitrogens with zero attached hydrogens (tertiary/aromatic N) is 3. The fourth-order valence-electron chi connectivity index (χ4n) is 2.76. The third-order valence-corrected chi connectivity index (χ3v) is 5.10. The maximum absolute atomic E-state index is 9.82. The van der Waals surface area contributed by atoms with Crippen LogP contribution >= 0.6 is 23.2 Å². The molecule has 0 saturated carbocycles. The second kappa shape index (κ2) is 10.0. The first-order chi connectivity index (χ1) is 15.6. The Kier molecular flexibility index (Phi) is 7.39. The highest BCUT2D eigenvalue weighted by Gasteiger charge is 2.18. The van der Waals surface area contributed by atoms with E-state index in [1.165, 1.54) is 24.7 Å². The summed E-state index contributed by atoms with van der Waals surface area (Å²) >= 11 is 12.3. The molecule has 170 valence electrons. The van der Waals surface area contributed by atoms with Crippen molar-refractivity contribution >= 4 is 34.6 Å². The second-order valence-corrected chi connectivity index (χ2v) is 8.60. The highest BCUT2D eigenvalue weighted by molar-refractivity contribution is 6.35. The lowest BCUT2D eigenvalue weighted by atomic mass is 10.0. The van der Waals surface area contributed by atoms with E-state index in [-0.39, 0.29) is 30.4 Å². The number of hydrogen-bond acceptors (Lipinski definition) is 8. The molecule has 1 aromatic carbocycles. The predicted molar refractivity (Wildman–Crippen MR) is 126 cm³/mol. The van der Waals surface area contributed by atoms with E-state index in [2.05, 4.69) is 9.97 Å². The summed E-state index contributed by atoms with van der Waals surface area (Å²) in [5.41, 5.74) is 6.91. The minimum Gasteiger partial charge on any atom is -0.489 e. The van der Waals surface area contributed by atoms with E-state index >= 15 is 0 Å². The highest BCUT2D eigenvalue weighted by Crippen LogP contribution is 2.28. The lowest BCUT2D eigenvalue weighted by Gasteiger charge is -2.18. The number of halogens is 2. The number of aliphatic hydroxyl groups is 1. The molecule has 0 unspecified atom stereocenters. The number of pyridine rings is 2. The molecule has 0 radical (unpaired) electrons. The van der Waals surface area contributed by atoms with Gasteiger partial charge < -0.3 is 20.3 Å². The van der Waals surface area contributed by atoms with Gasteiger partial charge in [-0.2, -0.15) is 5.26 Å². The molecule has 0 aliphatic carbocycles. The lowest BCUT2D eigenvalue weighted by molar-refractivity contribution is 0.0267. The largest absolute Gasteiger partial charge is 0.489 e. The molecule has 0 aliphatic rings. The molecule has 8 nitrogen and oxygen atoms in total. The third-order valence-electron chi connectivity index (χ3n) is 4.45. The number of nitrogen functional groups attached to an aromatic ring is 1. The van der Waals surface area contributed by atoms with Crippen LogP contribution in [0.25, 0.3) is 0 Å². The first kappa shape index (κ1) is 24.3. The van der Waals surface area contributed by atoms with Crippen LogP contribution in [0.1, 0.15) is 36.1 Å². The molecule has 3 aromatic rings. The summed E-state index contributed by atoms with van der Waals surface area (Å²) in [6, 6.07) is 8.39. The number of hydrogen-bond donors (Lipinski definition) is 3. The molecular weight excluding hydrogens is 465 g/mol. The Bertz CT molecular complexity index is 1220. The van der Waals surface area contributed by atoms with Gasteiger partial charge in [-0.25, -0.2) is 4.98 Å². The Hall–Kier alpha value is -3.38. The monoisotopic (exact) mass is 485 g/mol. The van der Waals surface area contributed by atoms with E-state index in [0.717, 1.165) is 0 Å². The number of anilines is 1. The van der Waals surface area contributed by atoms with Crippen molar-refractivity contribution in [3.8, 4) is 17.7 Å². The average molecular weight is 486 g/mol. The Morgan fingerprint density at radius 3 is 2.52 bits per heavy atom. The molecule has 0 amide bonds. The summed E-state index contributed by atoms with van der Waals surface area (Å²) in [6.07, 6.45) is 4.36. The van der Waals surface area contributed by atoms with Gasteiger partial charge in [0, 0.05) is 41.0 Å². The number of benzene rings is 1. The fourth-order valence-corrected chi connectivity index (χ4v) is 3.23. The zero-order chi connectivity index (χ0) is 24.2. The molecule has 0 atom stereocenters. The van der Waals surface area contributed by atoms with E-state index in [1.54, 1.807) is 32.0 Å². The van der Waals surface area contributed by atoms with Crippen LogP contribution in [0.5, 0.6) is 11.6 Å². The van der Waals surface area contributed by atoms with Gasteiger partial charge in [0.25, 0.3) is 0 Å². The average Bonchev–Trinajstić information content (AvgIpc) is 2.77. The van der Waals surface area contributed by atoms with Gasteiger partial charge in [-0.15, -0.1) is 0 Å². The first-order valence-electron chi connectivity index (χ1n) is 9.74. The number of nitrogens with two attached hydrogens (primary N) is 1. The zero-order valence-corrected chi connectivity index (χ0v) is 19.4. The van der Waals surface area contributed by atoms with Crippen LogP contribution in [-0.2, 0) is 6.61 Å². The highest BCUT2D eigenvalue weighted by atomic mass is 35.5. The minimum atomic E-state index is -1.08. The Labute approximate surface area is 201 Å². The van der Waals surface area contributed by atoms with Gasteiger partial charge in [-0.1, -0.05) is 23.2 Å². The maximum atomic E-state index is 9.82. The first-order valence-corrected chi connectivity index (χ1v) is 10.5. The summed E-state index contributed by atoms with van der Waals surface area (Å²) in [5, 5.41) is 28.7. The van der Waals surface area contributed by atoms with Crippen LogP contribution in [0, 0.1) is 16.7 Å². The smallest absolute Gasteiger partial charge is 0.231 e. The van der Waals surface area contributed by atoms with Gasteiger partial charge in [0.2, 0.25) is 5.88 Å². The zero-order valence-electron chi connectivity index (χ0n) is 17.9. The van der Waals surface area contributed by atoms with Gasteiger partial charge >= 0.3 is 0 Å². The topological polar surface area (TPSA) is 138 Å². The molecule has 2 aromatic heterocycles. The van der Waals surface area contributed by atoms with Crippen LogP contribution in [0.15, 0.2) is 42.9 Å². The SMILES string of the molecule is CC(C)(O)COc1ncc(C(=N)c2cc(OCc3c(Cl)cncc3Cl)ccc2N)cc1C#N. The van der Waals surface area contributed by atoms with Gasteiger partial charge in [-0.05, 0) is 38.1 Å². The number of nitriles is 1. The molecule has 33 heavy (non-hydrogen) atoms. The van der Waals surface area contributed by atoms with Crippen molar-refractivity contribution in [3.05, 3.63) is 75.2 Å². The summed E-state index contributed by atoms with van der Waals surface area (Å²) in [5.74, 6) is 0.527. The van der Waals surface area contributed by atoms with E-state index in [4.69, 9.17) is 43.8 Å². The second-order valence-electron chi connectivity index (χ2n) is 7.78. The van der Waals surface area contributed by atoms with Crippen molar-refractivity contribution in [3.63, 3.8) is 0 Å². The van der Waals surface area contributed by atoms with Gasteiger partial charge in [0.15, 0.2) is 0 Å². The maximum Gasteiger partial charge on any atom is 0.231 e. The molecule has 0 aliphatic heterocycles. The molecule has 0 saturated heterocycles. The van der Waals surface area contributed by atoms with Crippen molar-refractivity contribution in [1.82, 2.24) is 9.97 Å². The third kappa shape index (κ3) is 6.11. The van der Waals surface area contributed by atoms with Crippen molar-refractivity contribution in [2.24, 2.45) is 0 Å². The number of rotatable bonds is 8. The summed E-state index contributed by atoms with van der Waals surface area (Å²) in [6.45, 7) is 3.22. The fraction of sp³-hybridized carbons (Fsp3) is 0.217. The summed E-state index contributed by atoms with van der Waals surface area (Å²) < 4.78 is 11.2. The Balaban J connectivity index is 1.83. The Morgan fingerprint density at radius 1 is 1.18 bits per heavy atom. The lowest BCUT2D eigenvalue weighted by Crippen LogP contribution is -2.28. The van der Waals surface area contributed by atoms with Crippen LogP contribution in [0.3, 0.4) is 0 Å². The van der Waals surface area contributed by atoms with Crippen molar-refractivity contribution in [1.29, 1.82) is 10.7 Å². The number of ether oxygens (including phenoxy) is 2. The molecule has 0 fully saturated rings. The van der Waals surface area contributed by atoms with Crippen LogP contribution in [0.2, 0.25) is 10.0 Å². The van der Waals surface area contributed by atoms with Crippen LogP contribution in [0.4, 0.5) is 5.69 Å². The van der Waals surface area contributed by atoms with E-state index in [1.807, 2.05) is 6.07 Å². The van der Waals surface area contributed by atoms with Gasteiger partial charge in [-0.3, -0.25) is 10.4 Å². The minimum absolute atomic E-state index is 0.0384. The molecule has 4 N–H and O–H groups in total. The molecular formula is C23H21Cl2N5O3. The van der Waals surface area contributed by atoms with Crippen molar-refractivity contribution < 1.29 is 14.6 Å². The standard InChI is InChI=1S/C23H21Cl2N5O3/c1-23(2,31)12-33-22-13(7-26)5-14(8-30-22)21(28)16-6-15(3-4-20(16)27)32-11-17-18(24)9-29-10-19(17)25/h3-6,8-10,28,31H,11-12,27H2,1-2H3. The van der Waals surface area contributed by atoms with E-state index in [0.29, 0.717) is 38.2 Å². The quantitative estimate of drug-likeness (QED) is 0.317. The summed E-state index contributed by atoms with van der Waals surface area (Å²) in [7, 11) is 0. The van der Waals surface area contributed by atoms with Crippen LogP contribution in [-0.4, -0.2) is 33.0 Å². The summed E-state index contributed by atoms with van der Waals surface area (Å²) in [4.78, 5) is 8.05. The van der Waals surface area contributed by atoms with E-state index in [9.17, 15) is 10.4 Å². The molecule has 0 bridgehead atoms. The van der Waals surface area contributed by atoms with Gasteiger partial charge in [0.05, 0.1) is 21.4 Å². The normalized spacial score (nSPS) is 11.0. The molecule has 0 spiro atoms. The van der Waals surface area contributed by atoms with Gasteiger partial charge in [0.1, 0.15) is 30.6 Å². The van der Waals surface area contributed by atoms with Crippen LogP contribution < -0.4 is 15.2 Å². The van der Waals surface area contributed by atoms with E-state index < -0.39 is 5.60 Å². The number of nitrogens with one attached hydrogen (secondary N) is 1. The molecule has 3 rings (SSSR count). The molecule has 10 heteroatoms. The molecule has 2 heterocycles. The predicted octanol–water partition coefficient (Wildman–Crippen LogP) is 4.38.